The first kappa shape index (κ1) is 20.1. The zero-order chi connectivity index (χ0) is 19.4. The van der Waals surface area contributed by atoms with Crippen LogP contribution < -0.4 is 0 Å². The van der Waals surface area contributed by atoms with Crippen LogP contribution in [0.5, 0.6) is 0 Å². The van der Waals surface area contributed by atoms with Crippen molar-refractivity contribution >= 4 is 23.9 Å². The quantitative estimate of drug-likeness (QED) is 0.389. The van der Waals surface area contributed by atoms with Crippen LogP contribution >= 0.6 is 0 Å². The van der Waals surface area contributed by atoms with E-state index < -0.39 is 48.0 Å². The van der Waals surface area contributed by atoms with E-state index in [4.69, 9.17) is 18.9 Å². The lowest BCUT2D eigenvalue weighted by Gasteiger charge is -2.49. The van der Waals surface area contributed by atoms with Crippen molar-refractivity contribution in [1.29, 1.82) is 0 Å². The first-order chi connectivity index (χ1) is 12.4. The number of nitrogens with zero attached hydrogens (tertiary/aromatic N) is 2. The number of methoxy groups -OCH3 is 4. The van der Waals surface area contributed by atoms with Gasteiger partial charge in [-0.25, -0.2) is 0 Å². The van der Waals surface area contributed by atoms with Crippen LogP contribution in [-0.2, 0) is 38.1 Å². The van der Waals surface area contributed by atoms with E-state index in [0.717, 1.165) is 0 Å². The summed E-state index contributed by atoms with van der Waals surface area (Å²) in [5.74, 6) is -1.77. The Morgan fingerprint density at radius 1 is 0.615 bits per heavy atom. The van der Waals surface area contributed by atoms with Gasteiger partial charge in [-0.1, -0.05) is 0 Å². The van der Waals surface area contributed by atoms with E-state index in [2.05, 4.69) is 0 Å². The third-order valence-electron chi connectivity index (χ3n) is 5.00. The second-order valence-electron chi connectivity index (χ2n) is 6.10. The predicted molar refractivity (Wildman–Crippen MR) is 85.9 cm³/mol. The Bertz CT molecular complexity index is 487. The van der Waals surface area contributed by atoms with Crippen molar-refractivity contribution in [3.63, 3.8) is 0 Å². The Morgan fingerprint density at radius 3 is 1.04 bits per heavy atom. The Hall–Kier alpha value is -2.20. The molecule has 0 N–H and O–H groups in total. The third-order valence-corrected chi connectivity index (χ3v) is 5.00. The number of esters is 4. The van der Waals surface area contributed by atoms with Gasteiger partial charge in [0, 0.05) is 13.1 Å². The molecular formula is C16H24N2O8. The van der Waals surface area contributed by atoms with Crippen molar-refractivity contribution < 1.29 is 38.1 Å². The van der Waals surface area contributed by atoms with Gasteiger partial charge >= 0.3 is 23.9 Å². The van der Waals surface area contributed by atoms with E-state index in [9.17, 15) is 19.2 Å². The van der Waals surface area contributed by atoms with E-state index in [1.165, 1.54) is 28.4 Å². The van der Waals surface area contributed by atoms with Crippen molar-refractivity contribution in [1.82, 2.24) is 9.80 Å². The van der Waals surface area contributed by atoms with Crippen molar-refractivity contribution in [2.75, 3.05) is 41.5 Å². The highest BCUT2D eigenvalue weighted by Crippen LogP contribution is 2.31. The number of hydrogen-bond donors (Lipinski definition) is 0. The van der Waals surface area contributed by atoms with Crippen LogP contribution in [0.4, 0.5) is 0 Å². The molecule has 0 aromatic rings. The molecule has 0 spiro atoms. The minimum absolute atomic E-state index is 0.278. The van der Waals surface area contributed by atoms with E-state index in [0.29, 0.717) is 12.8 Å². The van der Waals surface area contributed by atoms with Crippen molar-refractivity contribution in [2.24, 2.45) is 0 Å². The molecule has 0 amide bonds. The maximum atomic E-state index is 11.8. The first-order valence-electron chi connectivity index (χ1n) is 8.22. The highest BCUT2D eigenvalue weighted by atomic mass is 16.5. The molecule has 0 unspecified atom stereocenters. The van der Waals surface area contributed by atoms with Gasteiger partial charge in [0.25, 0.3) is 0 Å². The molecule has 2 saturated heterocycles. The summed E-state index contributed by atoms with van der Waals surface area (Å²) < 4.78 is 19.0. The fourth-order valence-electron chi connectivity index (χ4n) is 3.45. The van der Waals surface area contributed by atoms with Crippen molar-refractivity contribution in [3.05, 3.63) is 0 Å². The van der Waals surface area contributed by atoms with Crippen LogP contribution in [0.15, 0.2) is 0 Å². The molecule has 2 aliphatic rings. The molecule has 26 heavy (non-hydrogen) atoms. The summed E-state index contributed by atoms with van der Waals surface area (Å²) in [7, 11) is 5.12. The minimum Gasteiger partial charge on any atom is -0.468 e. The predicted octanol–water partition coefficient (Wildman–Crippen LogP) is -1.44. The summed E-state index contributed by atoms with van der Waals surface area (Å²) in [6.45, 7) is 0.557. The Labute approximate surface area is 151 Å². The largest absolute Gasteiger partial charge is 0.468 e. The number of likely N-dealkylation sites (tertiary alicyclic amines) is 2. The van der Waals surface area contributed by atoms with E-state index in [-0.39, 0.29) is 13.1 Å². The molecule has 2 rings (SSSR count). The van der Waals surface area contributed by atoms with Crippen LogP contribution in [-0.4, -0.2) is 99.4 Å². The van der Waals surface area contributed by atoms with Crippen LogP contribution in [0, 0.1) is 0 Å². The molecule has 10 nitrogen and oxygen atoms in total. The van der Waals surface area contributed by atoms with Gasteiger partial charge in [0.15, 0.2) is 0 Å². The smallest absolute Gasteiger partial charge is 0.323 e. The molecule has 0 saturated carbocycles. The molecular weight excluding hydrogens is 348 g/mol. The second-order valence-corrected chi connectivity index (χ2v) is 6.10. The molecule has 10 heteroatoms. The van der Waals surface area contributed by atoms with Gasteiger partial charge in [0.05, 0.1) is 28.4 Å². The van der Waals surface area contributed by atoms with Crippen LogP contribution in [0.3, 0.4) is 0 Å². The summed E-state index contributed by atoms with van der Waals surface area (Å²) in [5, 5.41) is 0. The monoisotopic (exact) mass is 372 g/mol. The molecule has 0 radical (unpaired) electrons. The topological polar surface area (TPSA) is 112 Å². The van der Waals surface area contributed by atoms with E-state index in [1.54, 1.807) is 9.80 Å². The molecule has 0 aromatic heterocycles. The van der Waals surface area contributed by atoms with Crippen LogP contribution in [0.1, 0.15) is 12.8 Å². The SMILES string of the molecule is COC(=O)[C@H]1C[C@H](C(=O)OC)N1CCN1[C@@H](C(=O)OC)C[C@@H]1C(=O)OC. The number of carbonyl (C=O) groups is 4. The fourth-order valence-corrected chi connectivity index (χ4v) is 3.45. The number of rotatable bonds is 7. The van der Waals surface area contributed by atoms with Gasteiger partial charge in [-0.2, -0.15) is 0 Å². The van der Waals surface area contributed by atoms with Gasteiger partial charge < -0.3 is 18.9 Å². The Morgan fingerprint density at radius 2 is 0.846 bits per heavy atom. The summed E-state index contributed by atoms with van der Waals surface area (Å²) >= 11 is 0. The van der Waals surface area contributed by atoms with Gasteiger partial charge in [0.1, 0.15) is 24.2 Å². The number of carbonyl (C=O) groups excluding carboxylic acids is 4. The van der Waals surface area contributed by atoms with Crippen LogP contribution in [0.2, 0.25) is 0 Å². The second kappa shape index (κ2) is 8.45. The third kappa shape index (κ3) is 3.65. The van der Waals surface area contributed by atoms with Crippen molar-refractivity contribution in [2.45, 2.75) is 37.0 Å². The summed E-state index contributed by atoms with van der Waals surface area (Å²) in [5.41, 5.74) is 0. The maximum absolute atomic E-state index is 11.8. The molecule has 2 heterocycles. The molecule has 146 valence electrons. The zero-order valence-corrected chi connectivity index (χ0v) is 15.3. The lowest BCUT2D eigenvalue weighted by molar-refractivity contribution is -0.174. The average Bonchev–Trinajstić information content (AvgIpc) is 2.62. The zero-order valence-electron chi connectivity index (χ0n) is 15.3. The summed E-state index contributed by atoms with van der Waals surface area (Å²) in [4.78, 5) is 50.7. The van der Waals surface area contributed by atoms with Crippen LogP contribution in [0.25, 0.3) is 0 Å². The molecule has 0 bridgehead atoms. The van der Waals surface area contributed by atoms with Gasteiger partial charge in [-0.3, -0.25) is 29.0 Å². The van der Waals surface area contributed by atoms with E-state index >= 15 is 0 Å². The van der Waals surface area contributed by atoms with Gasteiger partial charge in [0.2, 0.25) is 0 Å². The average molecular weight is 372 g/mol. The summed E-state index contributed by atoms with van der Waals surface area (Å²) in [6.07, 6.45) is 0.612. The first-order valence-corrected chi connectivity index (χ1v) is 8.22. The maximum Gasteiger partial charge on any atom is 0.323 e. The highest BCUT2D eigenvalue weighted by molar-refractivity contribution is 5.85. The minimum atomic E-state index is -0.557. The van der Waals surface area contributed by atoms with Gasteiger partial charge in [-0.15, -0.1) is 0 Å². The Balaban J connectivity index is 2.05. The lowest BCUT2D eigenvalue weighted by Crippen LogP contribution is -2.68. The fraction of sp³-hybridized carbons (Fsp3) is 0.750. The van der Waals surface area contributed by atoms with E-state index in [1.807, 2.05) is 0 Å². The van der Waals surface area contributed by atoms with Gasteiger partial charge in [-0.05, 0) is 12.8 Å². The molecule has 0 aromatic carbocycles. The lowest BCUT2D eigenvalue weighted by atomic mass is 9.90. The Kier molecular flexibility index (Phi) is 6.54. The molecule has 2 fully saturated rings. The highest BCUT2D eigenvalue weighted by Gasteiger charge is 2.51. The molecule has 0 aliphatic carbocycles. The number of hydrogen-bond acceptors (Lipinski definition) is 10. The number of ether oxygens (including phenoxy) is 4. The van der Waals surface area contributed by atoms with Crippen molar-refractivity contribution in [3.8, 4) is 0 Å². The summed E-state index contributed by atoms with van der Waals surface area (Å²) in [6, 6.07) is -2.23. The molecule has 2 aliphatic heterocycles. The standard InChI is InChI=1S/C16H24N2O8/c1-23-13(19)9-7-10(14(20)24-2)17(9)5-6-18-11(15(21)25-3)8-12(18)16(22)26-4/h9-12H,5-8H2,1-4H3/t9-,10-,11-,12-/m1/s1. The normalized spacial score (nSPS) is 28.3. The molecule has 4 atom stereocenters.